The summed E-state index contributed by atoms with van der Waals surface area (Å²) in [4.78, 5) is 88.1. The van der Waals surface area contributed by atoms with Crippen LogP contribution in [0.3, 0.4) is 0 Å². The van der Waals surface area contributed by atoms with E-state index in [0.29, 0.717) is 74.8 Å². The van der Waals surface area contributed by atoms with Crippen LogP contribution in [0.4, 0.5) is 9.59 Å². The lowest BCUT2D eigenvalue weighted by Gasteiger charge is -2.17. The zero-order valence-electron chi connectivity index (χ0n) is 51.0. The number of amides is 4. The second kappa shape index (κ2) is 35.4. The third-order valence-corrected chi connectivity index (χ3v) is 17.8. The van der Waals surface area contributed by atoms with Crippen molar-refractivity contribution in [3.63, 3.8) is 0 Å². The molecular weight excluding hydrogens is 1340 g/mol. The molecule has 0 spiro atoms. The normalized spacial score (nSPS) is 35.7. The molecule has 16 aliphatic rings. The third-order valence-electron chi connectivity index (χ3n) is 16.8. The number of hydrogen-bond donors (Lipinski definition) is 2. The van der Waals surface area contributed by atoms with Crippen molar-refractivity contribution in [2.75, 3.05) is 99.1 Å². The number of rotatable bonds is 7. The van der Waals surface area contributed by atoms with Gasteiger partial charge in [-0.3, -0.25) is 33.6 Å². The molecule has 16 rings (SSSR count). The molecule has 2 N–H and O–H groups in total. The van der Waals surface area contributed by atoms with E-state index >= 15 is 0 Å². The molecule has 4 unspecified atom stereocenters. The number of terminal acetylenes is 1. The standard InChI is InChI=1S/2C11H13NO7.C8H12O4.C7H7IO2.C7H10O2.2C6H10O3.C4H6O/c2*13-8-1-2-9(14)12(8)19-11(15)18-7-5-17-10-6(7)3-4-16-10;1-5(9)12-7-4-11-8-6(7)2-3-10-8;1-2-4-9-7-6(8)3-5-10-7;1-5-4-9-7-6(5)2-3-8-7;2*7-5-3-9-6-4(5)1-2-8-6;1-2-4-5-3-1/h2*6-7,10H,1-5H2;6-8H,2-4H2,1H3;1H,3-5H2;6-7H,1-4H2;2*4-7H,1-3H2;1,3H,2,4H2/t6?,7-,10+;6-,7-,10+;6-,7-,8+;;6?,7-;2*4?,5-,6+;/m011.100./s1. The zero-order valence-corrected chi connectivity index (χ0v) is 53.2. The van der Waals surface area contributed by atoms with Gasteiger partial charge in [0.1, 0.15) is 18.3 Å². The van der Waals surface area contributed by atoms with Crippen LogP contribution in [0, 0.1) is 47.9 Å². The Morgan fingerprint density at radius 3 is 1.34 bits per heavy atom. The molecule has 0 aliphatic carbocycles. The van der Waals surface area contributed by atoms with Gasteiger partial charge in [-0.25, -0.2) is 9.59 Å². The minimum absolute atomic E-state index is 0.0162. The Kier molecular flexibility index (Phi) is 27.3. The number of ether oxygens (including phenoxy) is 18. The van der Waals surface area contributed by atoms with E-state index in [0.717, 1.165) is 88.0 Å². The largest absolute Gasteiger partial charge is 0.534 e. The van der Waals surface area contributed by atoms with E-state index < -0.39 is 48.1 Å². The highest BCUT2D eigenvalue weighted by atomic mass is 127. The van der Waals surface area contributed by atoms with E-state index in [2.05, 4.69) is 44.8 Å². The van der Waals surface area contributed by atoms with Gasteiger partial charge < -0.3 is 95.5 Å². The maximum absolute atomic E-state index is 11.5. The number of esters is 1. The number of fused-ring (bicyclic) bond motifs is 6. The van der Waals surface area contributed by atoms with E-state index in [1.54, 1.807) is 6.26 Å². The number of halogens is 1. The lowest BCUT2D eigenvalue weighted by molar-refractivity contribution is -0.179. The summed E-state index contributed by atoms with van der Waals surface area (Å²) < 4.78 is 94.1. The van der Waals surface area contributed by atoms with Crippen molar-refractivity contribution in [2.24, 2.45) is 35.5 Å². The van der Waals surface area contributed by atoms with Crippen LogP contribution >= 0.6 is 22.6 Å². The Labute approximate surface area is 544 Å². The summed E-state index contributed by atoms with van der Waals surface area (Å²) in [6.45, 7) is 13.9. The van der Waals surface area contributed by atoms with Gasteiger partial charge in [0.25, 0.3) is 29.6 Å². The van der Waals surface area contributed by atoms with Gasteiger partial charge >= 0.3 is 18.3 Å². The molecule has 14 saturated heterocycles. The maximum atomic E-state index is 11.5. The van der Waals surface area contributed by atoms with E-state index in [4.69, 9.17) is 91.7 Å². The fourth-order valence-corrected chi connectivity index (χ4v) is 12.4. The molecule has 0 saturated carbocycles. The summed E-state index contributed by atoms with van der Waals surface area (Å²) in [6, 6.07) is 0. The van der Waals surface area contributed by atoms with Crippen molar-refractivity contribution >= 4 is 64.5 Å². The molecule has 0 aromatic heterocycles. The quantitative estimate of drug-likeness (QED) is 0.0922. The highest BCUT2D eigenvalue weighted by molar-refractivity contribution is 14.1. The highest BCUT2D eigenvalue weighted by Crippen LogP contribution is 2.37. The molecule has 14 fully saturated rings. The Hall–Kier alpha value is -5.36. The first-order chi connectivity index (χ1) is 44.5. The summed E-state index contributed by atoms with van der Waals surface area (Å²) in [5.41, 5.74) is 1.21. The van der Waals surface area contributed by atoms with Crippen LogP contribution in [0.2, 0.25) is 0 Å². The molecule has 32 heteroatoms. The summed E-state index contributed by atoms with van der Waals surface area (Å²) in [5, 5.41) is 19.3. The monoisotopic (exact) mass is 1420 g/mol. The van der Waals surface area contributed by atoms with Crippen LogP contribution in [0.25, 0.3) is 0 Å². The Bertz CT molecular complexity index is 2500. The molecule has 0 aromatic rings. The fraction of sp³-hybridized carbons (Fsp3) is 0.750. The Balaban J connectivity index is 0.000000128. The Morgan fingerprint density at radius 1 is 0.554 bits per heavy atom. The molecule has 0 aromatic carbocycles. The molecule has 0 radical (unpaired) electrons. The van der Waals surface area contributed by atoms with Gasteiger partial charge in [-0.05, 0) is 72.8 Å². The van der Waals surface area contributed by atoms with Crippen LogP contribution in [-0.2, 0) is 119 Å². The lowest BCUT2D eigenvalue weighted by atomic mass is 10.0. The first-order valence-electron chi connectivity index (χ1n) is 31.0. The minimum atomic E-state index is -1.07. The van der Waals surface area contributed by atoms with Crippen LogP contribution in [-0.4, -0.2) is 230 Å². The second-order valence-corrected chi connectivity index (χ2v) is 24.3. The number of aliphatic hydroxyl groups is 2. The van der Waals surface area contributed by atoms with Crippen molar-refractivity contribution in [1.29, 1.82) is 0 Å². The molecule has 16 heterocycles. The van der Waals surface area contributed by atoms with Crippen molar-refractivity contribution < 1.29 is 139 Å². The Morgan fingerprint density at radius 2 is 0.967 bits per heavy atom. The van der Waals surface area contributed by atoms with Crippen LogP contribution in [0.15, 0.2) is 34.0 Å². The topological polar surface area (TPSA) is 351 Å². The van der Waals surface area contributed by atoms with Gasteiger partial charge in [-0.1, -0.05) is 22.6 Å². The molecule has 0 bridgehead atoms. The highest BCUT2D eigenvalue weighted by Gasteiger charge is 2.48. The summed E-state index contributed by atoms with van der Waals surface area (Å²) in [6.07, 6.45) is 11.8. The zero-order chi connectivity index (χ0) is 65.1. The van der Waals surface area contributed by atoms with E-state index in [1.807, 2.05) is 6.08 Å². The molecule has 16 aliphatic heterocycles. The average molecular weight is 1420 g/mol. The molecule has 31 nitrogen and oxygen atoms in total. The lowest BCUT2D eigenvalue weighted by Crippen LogP contribution is -2.35. The predicted octanol–water partition coefficient (Wildman–Crippen LogP) is 3.24. The number of aliphatic hydroxyl groups excluding tert-OH is 2. The number of hydrogen-bond acceptors (Lipinski definition) is 29. The minimum Gasteiger partial charge on any atom is -0.501 e. The predicted molar refractivity (Wildman–Crippen MR) is 310 cm³/mol. The second-order valence-electron chi connectivity index (χ2n) is 23.0. The van der Waals surface area contributed by atoms with E-state index in [9.17, 15) is 43.8 Å². The number of imide groups is 2. The average Bonchev–Trinajstić information content (AvgIpc) is 1.79. The molecular formula is C60H81IN2O29. The molecule has 17 atom stereocenters. The van der Waals surface area contributed by atoms with Gasteiger partial charge in [0.15, 0.2) is 44.3 Å². The number of carbonyl (C=O) groups is 7. The van der Waals surface area contributed by atoms with Crippen LogP contribution < -0.4 is 0 Å². The van der Waals surface area contributed by atoms with Crippen molar-refractivity contribution in [3.05, 3.63) is 34.0 Å². The van der Waals surface area contributed by atoms with Crippen molar-refractivity contribution in [1.82, 2.24) is 10.1 Å². The van der Waals surface area contributed by atoms with Gasteiger partial charge in [0, 0.05) is 63.2 Å². The summed E-state index contributed by atoms with van der Waals surface area (Å²) in [5.74, 6) is 1.84. The SMILES string of the molecule is C#CCOC1=C(I)CCO1.C1=COCC1.C=C1CO[C@H]2OCCC12.CC(=O)O[C@@H]1CO[C@@H]2OCC[C@@H]21.O=C(O[C@@H]1CO[C@@H]2OCC[C@@H]21)ON1C(=O)CCC1=O.O=C(O[C@H]1CO[C@H]2OCCC21)ON1C(=O)CCC1=O.O[C@H]1CO[C@H]2OCCC21.O[C@H]1CO[C@H]2OCCC21. The van der Waals surface area contributed by atoms with Crippen molar-refractivity contribution in [3.8, 4) is 12.3 Å². The first kappa shape index (κ1) is 70.9. The van der Waals surface area contributed by atoms with Gasteiger partial charge in [-0.15, -0.1) is 6.42 Å². The fourth-order valence-electron chi connectivity index (χ4n) is 11.9. The number of carbonyl (C=O) groups excluding carboxylic acids is 7. The van der Waals surface area contributed by atoms with Gasteiger partial charge in [-0.2, -0.15) is 0 Å². The third kappa shape index (κ3) is 19.6. The van der Waals surface area contributed by atoms with E-state index in [1.165, 1.54) is 12.5 Å². The van der Waals surface area contributed by atoms with Crippen LogP contribution in [0.5, 0.6) is 0 Å². The van der Waals surface area contributed by atoms with Gasteiger partial charge in [0.05, 0.1) is 132 Å². The summed E-state index contributed by atoms with van der Waals surface area (Å²) in [7, 11) is 0. The maximum Gasteiger partial charge on any atom is 0.534 e. The van der Waals surface area contributed by atoms with E-state index in [-0.39, 0.29) is 131 Å². The summed E-state index contributed by atoms with van der Waals surface area (Å²) >= 11 is 2.19. The number of hydroxylamine groups is 4. The number of nitrogens with zero attached hydrogens (tertiary/aromatic N) is 2. The van der Waals surface area contributed by atoms with Crippen LogP contribution in [0.1, 0.15) is 84.0 Å². The molecule has 4 amide bonds. The van der Waals surface area contributed by atoms with Gasteiger partial charge in [0.2, 0.25) is 0 Å². The molecule has 512 valence electrons. The first-order valence-corrected chi connectivity index (χ1v) is 32.1. The molecule has 92 heavy (non-hydrogen) atoms. The smallest absolute Gasteiger partial charge is 0.501 e. The van der Waals surface area contributed by atoms with Crippen molar-refractivity contribution in [2.45, 2.75) is 152 Å².